The molecular formula is C20H20ClF3N2O2. The minimum atomic E-state index is -4.34. The van der Waals surface area contributed by atoms with E-state index in [4.69, 9.17) is 11.6 Å². The topological polar surface area (TPSA) is 43.8 Å². The highest BCUT2D eigenvalue weighted by Crippen LogP contribution is 2.29. The molecule has 1 aliphatic heterocycles. The largest absolute Gasteiger partial charge is 0.507 e. The van der Waals surface area contributed by atoms with Crippen LogP contribution in [0.1, 0.15) is 27.9 Å². The van der Waals surface area contributed by atoms with Crippen LogP contribution in [0.3, 0.4) is 0 Å². The summed E-state index contributed by atoms with van der Waals surface area (Å²) in [5.41, 5.74) is 0.300. The normalized spacial score (nSPS) is 16.1. The first-order chi connectivity index (χ1) is 13.2. The van der Waals surface area contributed by atoms with Crippen molar-refractivity contribution in [3.05, 3.63) is 64.2 Å². The summed E-state index contributed by atoms with van der Waals surface area (Å²) in [5.74, 6) is -0.392. The highest BCUT2D eigenvalue weighted by Gasteiger charge is 2.30. The molecule has 0 saturated carbocycles. The highest BCUT2D eigenvalue weighted by molar-refractivity contribution is 6.31. The fourth-order valence-corrected chi connectivity index (χ4v) is 3.41. The minimum absolute atomic E-state index is 0.111. The highest BCUT2D eigenvalue weighted by atomic mass is 35.5. The van der Waals surface area contributed by atoms with Crippen molar-refractivity contribution >= 4 is 17.5 Å². The Morgan fingerprint density at radius 1 is 1.04 bits per heavy atom. The van der Waals surface area contributed by atoms with E-state index in [0.717, 1.165) is 30.7 Å². The second kappa shape index (κ2) is 8.41. The number of phenols is 1. The molecule has 2 aromatic rings. The lowest BCUT2D eigenvalue weighted by molar-refractivity contribution is -0.137. The van der Waals surface area contributed by atoms with Crippen molar-refractivity contribution in [2.75, 3.05) is 26.2 Å². The Bertz CT molecular complexity index is 840. The number of aromatic hydroxyl groups is 1. The van der Waals surface area contributed by atoms with Gasteiger partial charge in [0.15, 0.2) is 0 Å². The van der Waals surface area contributed by atoms with Gasteiger partial charge in [0.1, 0.15) is 5.75 Å². The van der Waals surface area contributed by atoms with Gasteiger partial charge in [0.05, 0.1) is 11.1 Å². The fraction of sp³-hybridized carbons (Fsp3) is 0.350. The minimum Gasteiger partial charge on any atom is -0.507 e. The van der Waals surface area contributed by atoms with Gasteiger partial charge in [0, 0.05) is 37.7 Å². The molecule has 4 nitrogen and oxygen atoms in total. The Hall–Kier alpha value is -2.25. The molecule has 1 heterocycles. The molecule has 0 atom stereocenters. The van der Waals surface area contributed by atoms with Gasteiger partial charge >= 0.3 is 6.18 Å². The standard InChI is InChI=1S/C20H20ClF3N2O2/c21-16-6-7-18(27)17(12-16)19(28)26-9-1-8-25(10-11-26)13-14-2-4-15(5-3-14)20(22,23)24/h2-7,12,27H,1,8-11,13H2. The van der Waals surface area contributed by atoms with E-state index in [1.54, 1.807) is 4.90 Å². The first-order valence-electron chi connectivity index (χ1n) is 8.90. The number of phenolic OH excluding ortho intramolecular Hbond substituents is 1. The van der Waals surface area contributed by atoms with Gasteiger partial charge in [-0.2, -0.15) is 13.2 Å². The van der Waals surface area contributed by atoms with E-state index >= 15 is 0 Å². The van der Waals surface area contributed by atoms with E-state index in [1.807, 2.05) is 0 Å². The molecule has 2 aromatic carbocycles. The molecule has 28 heavy (non-hydrogen) atoms. The van der Waals surface area contributed by atoms with Gasteiger partial charge in [-0.15, -0.1) is 0 Å². The average molecular weight is 413 g/mol. The molecule has 1 N–H and O–H groups in total. The zero-order valence-electron chi connectivity index (χ0n) is 15.0. The second-order valence-electron chi connectivity index (χ2n) is 6.78. The van der Waals surface area contributed by atoms with Crippen LogP contribution in [0.5, 0.6) is 5.75 Å². The maximum Gasteiger partial charge on any atom is 0.416 e. The number of halogens is 4. The molecule has 0 spiro atoms. The fourth-order valence-electron chi connectivity index (χ4n) is 3.24. The molecule has 1 saturated heterocycles. The van der Waals surface area contributed by atoms with E-state index < -0.39 is 11.7 Å². The lowest BCUT2D eigenvalue weighted by atomic mass is 10.1. The van der Waals surface area contributed by atoms with Gasteiger partial charge in [0.2, 0.25) is 0 Å². The summed E-state index contributed by atoms with van der Waals surface area (Å²) in [6, 6.07) is 9.51. The van der Waals surface area contributed by atoms with Crippen LogP contribution in [-0.4, -0.2) is 47.0 Å². The molecule has 3 rings (SSSR count). The van der Waals surface area contributed by atoms with Crippen molar-refractivity contribution in [2.24, 2.45) is 0 Å². The summed E-state index contributed by atoms with van der Waals surface area (Å²) in [7, 11) is 0. The van der Waals surface area contributed by atoms with Crippen LogP contribution in [0.4, 0.5) is 13.2 Å². The zero-order valence-corrected chi connectivity index (χ0v) is 15.8. The number of alkyl halides is 3. The third-order valence-electron chi connectivity index (χ3n) is 4.75. The third-order valence-corrected chi connectivity index (χ3v) is 4.99. The number of hydrogen-bond donors (Lipinski definition) is 1. The molecule has 1 amide bonds. The molecule has 0 aliphatic carbocycles. The number of benzene rings is 2. The smallest absolute Gasteiger partial charge is 0.416 e. The quantitative estimate of drug-likeness (QED) is 0.812. The predicted octanol–water partition coefficient (Wildman–Crippen LogP) is 4.41. The number of carbonyl (C=O) groups excluding carboxylic acids is 1. The Morgan fingerprint density at radius 2 is 1.75 bits per heavy atom. The van der Waals surface area contributed by atoms with E-state index in [1.165, 1.54) is 30.3 Å². The first-order valence-corrected chi connectivity index (χ1v) is 9.28. The van der Waals surface area contributed by atoms with Crippen molar-refractivity contribution in [3.63, 3.8) is 0 Å². The van der Waals surface area contributed by atoms with Crippen LogP contribution in [0, 0.1) is 0 Å². The van der Waals surface area contributed by atoms with E-state index in [2.05, 4.69) is 4.90 Å². The van der Waals surface area contributed by atoms with Crippen LogP contribution in [-0.2, 0) is 12.7 Å². The first kappa shape index (κ1) is 20.5. The lowest BCUT2D eigenvalue weighted by Gasteiger charge is -2.22. The SMILES string of the molecule is O=C(c1cc(Cl)ccc1O)N1CCCN(Cc2ccc(C(F)(F)F)cc2)CC1. The van der Waals surface area contributed by atoms with Crippen molar-refractivity contribution in [1.29, 1.82) is 0 Å². The average Bonchev–Trinajstić information content (AvgIpc) is 2.88. The summed E-state index contributed by atoms with van der Waals surface area (Å²) in [6.07, 6.45) is -3.61. The van der Waals surface area contributed by atoms with Crippen LogP contribution >= 0.6 is 11.6 Å². The van der Waals surface area contributed by atoms with Crippen LogP contribution < -0.4 is 0 Å². The van der Waals surface area contributed by atoms with Crippen molar-refractivity contribution in [3.8, 4) is 5.75 Å². The van der Waals surface area contributed by atoms with E-state index in [-0.39, 0.29) is 17.2 Å². The molecular weight excluding hydrogens is 393 g/mol. The van der Waals surface area contributed by atoms with Crippen LogP contribution in [0.15, 0.2) is 42.5 Å². The molecule has 0 radical (unpaired) electrons. The molecule has 0 unspecified atom stereocenters. The maximum absolute atomic E-state index is 12.7. The summed E-state index contributed by atoms with van der Waals surface area (Å²) in [5, 5.41) is 10.3. The third kappa shape index (κ3) is 4.97. The van der Waals surface area contributed by atoms with Gasteiger partial charge in [-0.3, -0.25) is 9.69 Å². The van der Waals surface area contributed by atoms with Gasteiger partial charge < -0.3 is 10.0 Å². The molecule has 150 valence electrons. The van der Waals surface area contributed by atoms with Crippen LogP contribution in [0.25, 0.3) is 0 Å². The van der Waals surface area contributed by atoms with Crippen molar-refractivity contribution < 1.29 is 23.1 Å². The lowest BCUT2D eigenvalue weighted by Crippen LogP contribution is -2.35. The Labute approximate surface area is 166 Å². The number of nitrogens with zero attached hydrogens (tertiary/aromatic N) is 2. The molecule has 1 fully saturated rings. The molecule has 1 aliphatic rings. The van der Waals surface area contributed by atoms with Crippen molar-refractivity contribution in [2.45, 2.75) is 19.1 Å². The Balaban J connectivity index is 1.62. The molecule has 0 bridgehead atoms. The van der Waals surface area contributed by atoms with Gasteiger partial charge in [-0.25, -0.2) is 0 Å². The predicted molar refractivity (Wildman–Crippen MR) is 100 cm³/mol. The second-order valence-corrected chi connectivity index (χ2v) is 7.21. The Morgan fingerprint density at radius 3 is 2.43 bits per heavy atom. The molecule has 8 heteroatoms. The molecule has 0 aromatic heterocycles. The summed E-state index contributed by atoms with van der Waals surface area (Å²) < 4.78 is 38.0. The van der Waals surface area contributed by atoms with Gasteiger partial charge in [0.25, 0.3) is 5.91 Å². The van der Waals surface area contributed by atoms with E-state index in [9.17, 15) is 23.1 Å². The van der Waals surface area contributed by atoms with Gasteiger partial charge in [-0.1, -0.05) is 23.7 Å². The number of carbonyl (C=O) groups is 1. The van der Waals surface area contributed by atoms with E-state index in [0.29, 0.717) is 31.2 Å². The number of hydrogen-bond acceptors (Lipinski definition) is 3. The van der Waals surface area contributed by atoms with Crippen LogP contribution in [0.2, 0.25) is 5.02 Å². The summed E-state index contributed by atoms with van der Waals surface area (Å²) in [6.45, 7) is 2.84. The van der Waals surface area contributed by atoms with Gasteiger partial charge in [-0.05, 0) is 42.3 Å². The monoisotopic (exact) mass is 412 g/mol. The number of rotatable bonds is 3. The maximum atomic E-state index is 12.7. The summed E-state index contributed by atoms with van der Waals surface area (Å²) >= 11 is 5.92. The number of amides is 1. The Kier molecular flexibility index (Phi) is 6.15. The summed E-state index contributed by atoms with van der Waals surface area (Å²) in [4.78, 5) is 16.5. The van der Waals surface area contributed by atoms with Crippen molar-refractivity contribution in [1.82, 2.24) is 9.80 Å². The zero-order chi connectivity index (χ0) is 20.3.